The Hall–Kier alpha value is -2.04. The van der Waals surface area contributed by atoms with Crippen LogP contribution >= 0.6 is 0 Å². The quantitative estimate of drug-likeness (QED) is 0.577. The molecule has 2 fully saturated rings. The molecule has 2 aromatic rings. The second kappa shape index (κ2) is 8.27. The summed E-state index contributed by atoms with van der Waals surface area (Å²) in [5, 5.41) is 7.11. The predicted octanol–water partition coefficient (Wildman–Crippen LogP) is 5.11. The first-order valence-corrected chi connectivity index (χ1v) is 13.9. The van der Waals surface area contributed by atoms with Gasteiger partial charge in [0, 0.05) is 74.6 Å². The van der Waals surface area contributed by atoms with Gasteiger partial charge < -0.3 is 20.4 Å². The van der Waals surface area contributed by atoms with E-state index in [1.165, 1.54) is 73.9 Å². The van der Waals surface area contributed by atoms with Crippen LogP contribution in [0.15, 0.2) is 24.3 Å². The molecule has 2 aliphatic carbocycles. The zero-order valence-electron chi connectivity index (χ0n) is 21.0. The SMILES string of the molecule is Cc1cc2c3c(c1)[C@H]1CCC[C@H]1N3CCNC2.Cc1ccc2c3c1[C@H]1CCC[C@H]1N3CCNC2. The molecule has 4 nitrogen and oxygen atoms in total. The van der Waals surface area contributed by atoms with Crippen molar-refractivity contribution in [2.75, 3.05) is 36.0 Å². The van der Waals surface area contributed by atoms with E-state index in [-0.39, 0.29) is 0 Å². The third kappa shape index (κ3) is 3.18. The lowest BCUT2D eigenvalue weighted by Crippen LogP contribution is -2.35. The minimum absolute atomic E-state index is 0.810. The van der Waals surface area contributed by atoms with Crippen molar-refractivity contribution in [2.45, 2.75) is 89.4 Å². The number of hydrogen-bond donors (Lipinski definition) is 2. The second-order valence-corrected chi connectivity index (χ2v) is 11.6. The number of aryl methyl sites for hydroxylation is 2. The van der Waals surface area contributed by atoms with Crippen molar-refractivity contribution >= 4 is 11.4 Å². The highest BCUT2D eigenvalue weighted by atomic mass is 15.2. The Kier molecular flexibility index (Phi) is 5.17. The smallest absolute Gasteiger partial charge is 0.0453 e. The molecule has 4 aliphatic heterocycles. The molecule has 0 saturated heterocycles. The first-order valence-electron chi connectivity index (χ1n) is 13.9. The summed E-state index contributed by atoms with van der Waals surface area (Å²) in [7, 11) is 0. The minimum atomic E-state index is 0.810. The molecule has 8 rings (SSSR count). The van der Waals surface area contributed by atoms with Gasteiger partial charge in [-0.05, 0) is 67.3 Å². The highest BCUT2D eigenvalue weighted by Crippen LogP contribution is 2.52. The van der Waals surface area contributed by atoms with Crippen molar-refractivity contribution in [3.63, 3.8) is 0 Å². The monoisotopic (exact) mass is 456 g/mol. The summed E-state index contributed by atoms with van der Waals surface area (Å²) in [4.78, 5) is 5.43. The summed E-state index contributed by atoms with van der Waals surface area (Å²) in [6.07, 6.45) is 8.46. The molecule has 34 heavy (non-hydrogen) atoms. The number of rotatable bonds is 0. The largest absolute Gasteiger partial charge is 0.366 e. The number of hydrogen-bond acceptors (Lipinski definition) is 4. The Morgan fingerprint density at radius 1 is 0.735 bits per heavy atom. The summed E-state index contributed by atoms with van der Waals surface area (Å²) in [5.74, 6) is 1.67. The van der Waals surface area contributed by atoms with E-state index >= 15 is 0 Å². The fourth-order valence-electron chi connectivity index (χ4n) is 8.41. The number of anilines is 2. The van der Waals surface area contributed by atoms with E-state index in [1.54, 1.807) is 22.5 Å². The normalized spacial score (nSPS) is 30.1. The number of nitrogens with one attached hydrogen (secondary N) is 2. The topological polar surface area (TPSA) is 30.5 Å². The first kappa shape index (κ1) is 21.3. The molecule has 180 valence electrons. The predicted molar refractivity (Wildman–Crippen MR) is 141 cm³/mol. The van der Waals surface area contributed by atoms with Gasteiger partial charge >= 0.3 is 0 Å². The average molecular weight is 457 g/mol. The third-order valence-electron chi connectivity index (χ3n) is 9.68. The van der Waals surface area contributed by atoms with Crippen molar-refractivity contribution in [1.29, 1.82) is 0 Å². The van der Waals surface area contributed by atoms with E-state index in [0.717, 1.165) is 50.1 Å². The zero-order valence-corrected chi connectivity index (χ0v) is 21.0. The van der Waals surface area contributed by atoms with Crippen molar-refractivity contribution in [1.82, 2.24) is 10.6 Å². The summed E-state index contributed by atoms with van der Waals surface area (Å²) >= 11 is 0. The van der Waals surface area contributed by atoms with E-state index < -0.39 is 0 Å². The van der Waals surface area contributed by atoms with Gasteiger partial charge in [0.25, 0.3) is 0 Å². The summed E-state index contributed by atoms with van der Waals surface area (Å²) < 4.78 is 0. The van der Waals surface area contributed by atoms with E-state index in [4.69, 9.17) is 0 Å². The van der Waals surface area contributed by atoms with Crippen molar-refractivity contribution in [3.05, 3.63) is 57.6 Å². The fraction of sp³-hybridized carbons (Fsp3) is 0.600. The number of nitrogens with zero attached hydrogens (tertiary/aromatic N) is 2. The van der Waals surface area contributed by atoms with Crippen molar-refractivity contribution < 1.29 is 0 Å². The Labute approximate surface area is 205 Å². The summed E-state index contributed by atoms with van der Waals surface area (Å²) in [5.41, 5.74) is 12.6. The Bertz CT molecular complexity index is 1110. The van der Waals surface area contributed by atoms with Crippen molar-refractivity contribution in [2.24, 2.45) is 0 Å². The van der Waals surface area contributed by atoms with Crippen LogP contribution < -0.4 is 20.4 Å². The molecular formula is C30H40N4. The third-order valence-corrected chi connectivity index (χ3v) is 9.68. The van der Waals surface area contributed by atoms with Gasteiger partial charge in [-0.25, -0.2) is 0 Å². The average Bonchev–Trinajstić information content (AvgIpc) is 3.54. The lowest BCUT2D eigenvalue weighted by molar-refractivity contribution is 0.577. The van der Waals surface area contributed by atoms with Gasteiger partial charge in [-0.3, -0.25) is 0 Å². The molecule has 0 aromatic heterocycles. The molecule has 0 amide bonds. The molecule has 4 atom stereocenters. The summed E-state index contributed by atoms with van der Waals surface area (Å²) in [6, 6.07) is 11.1. The molecule has 0 radical (unpaired) electrons. The van der Waals surface area contributed by atoms with E-state index in [2.05, 4.69) is 58.5 Å². The Morgan fingerprint density at radius 2 is 1.41 bits per heavy atom. The van der Waals surface area contributed by atoms with Gasteiger partial charge in [-0.2, -0.15) is 0 Å². The molecule has 4 heteroatoms. The van der Waals surface area contributed by atoms with E-state index in [0.29, 0.717) is 0 Å². The molecule has 0 spiro atoms. The second-order valence-electron chi connectivity index (χ2n) is 11.6. The fourth-order valence-corrected chi connectivity index (χ4v) is 8.41. The molecule has 0 bridgehead atoms. The van der Waals surface area contributed by atoms with E-state index in [1.807, 2.05) is 0 Å². The van der Waals surface area contributed by atoms with Crippen LogP contribution in [0.1, 0.15) is 83.7 Å². The van der Waals surface area contributed by atoms with Crippen LogP contribution in [-0.4, -0.2) is 38.3 Å². The molecule has 2 saturated carbocycles. The standard InChI is InChI=1S/2C15H20N2/c1-10-7-11-9-16-5-6-17-14-4-2-3-12(14)13(8-10)15(11)17;1-10-5-6-11-9-16-7-8-17-13-4-2-3-12(13)14(10)15(11)17/h7-8,12,14,16H,2-6,9H2,1H3;5-6,12-13,16H,2-4,7-9H2,1H3/t12-,14-;12-,13+/m10/s1. The molecule has 2 N–H and O–H groups in total. The van der Waals surface area contributed by atoms with Gasteiger partial charge in [0.15, 0.2) is 0 Å². The highest BCUT2D eigenvalue weighted by Gasteiger charge is 2.44. The van der Waals surface area contributed by atoms with Gasteiger partial charge in [-0.1, -0.05) is 42.7 Å². The maximum absolute atomic E-state index is 3.56. The lowest BCUT2D eigenvalue weighted by Gasteiger charge is -2.26. The van der Waals surface area contributed by atoms with Gasteiger partial charge in [0.05, 0.1) is 0 Å². The Morgan fingerprint density at radius 3 is 2.21 bits per heavy atom. The van der Waals surface area contributed by atoms with Gasteiger partial charge in [0.1, 0.15) is 0 Å². The molecule has 6 aliphatic rings. The van der Waals surface area contributed by atoms with Crippen LogP contribution in [0.5, 0.6) is 0 Å². The van der Waals surface area contributed by atoms with Crippen molar-refractivity contribution in [3.8, 4) is 0 Å². The van der Waals surface area contributed by atoms with Crippen LogP contribution in [0, 0.1) is 13.8 Å². The number of fused-ring (bicyclic) bond motifs is 6. The number of benzene rings is 2. The van der Waals surface area contributed by atoms with Gasteiger partial charge in [-0.15, -0.1) is 0 Å². The first-order chi connectivity index (χ1) is 16.7. The maximum Gasteiger partial charge on any atom is 0.0453 e. The van der Waals surface area contributed by atoms with E-state index in [9.17, 15) is 0 Å². The maximum atomic E-state index is 3.56. The molecular weight excluding hydrogens is 416 g/mol. The van der Waals surface area contributed by atoms with Crippen LogP contribution in [0.3, 0.4) is 0 Å². The van der Waals surface area contributed by atoms with Gasteiger partial charge in [0.2, 0.25) is 0 Å². The highest BCUT2D eigenvalue weighted by molar-refractivity contribution is 5.70. The zero-order chi connectivity index (χ0) is 22.8. The van der Waals surface area contributed by atoms with Crippen LogP contribution in [0.2, 0.25) is 0 Å². The minimum Gasteiger partial charge on any atom is -0.366 e. The van der Waals surface area contributed by atoms with Crippen LogP contribution in [-0.2, 0) is 13.1 Å². The van der Waals surface area contributed by atoms with Crippen LogP contribution in [0.25, 0.3) is 0 Å². The molecule has 4 heterocycles. The summed E-state index contributed by atoms with van der Waals surface area (Å²) in [6.45, 7) is 11.3. The van der Waals surface area contributed by atoms with Crippen LogP contribution in [0.4, 0.5) is 11.4 Å². The molecule has 0 unspecified atom stereocenters. The lowest BCUT2D eigenvalue weighted by atomic mass is 9.92. The molecule has 2 aromatic carbocycles. The Balaban J connectivity index is 0.000000118.